The van der Waals surface area contributed by atoms with Crippen LogP contribution in [0.15, 0.2) is 0 Å². The van der Waals surface area contributed by atoms with Crippen molar-refractivity contribution < 1.29 is 39.4 Å². The van der Waals surface area contributed by atoms with Gasteiger partial charge in [-0.05, 0) is 6.42 Å². The van der Waals surface area contributed by atoms with Crippen molar-refractivity contribution in [2.45, 2.75) is 71.1 Å². The number of unbranched alkanes of at least 4 members (excludes halogenated alkanes) is 9. The van der Waals surface area contributed by atoms with E-state index in [4.69, 9.17) is 4.74 Å². The first-order valence-electron chi connectivity index (χ1n) is 7.07. The van der Waals surface area contributed by atoms with E-state index in [0.29, 0.717) is 6.61 Å². The summed E-state index contributed by atoms with van der Waals surface area (Å²) >= 11 is 0. The molecule has 98 valence electrons. The molecule has 0 bridgehead atoms. The summed E-state index contributed by atoms with van der Waals surface area (Å²) in [6, 6.07) is 0. The van der Waals surface area contributed by atoms with E-state index in [9.17, 15) is 5.11 Å². The summed E-state index contributed by atoms with van der Waals surface area (Å²) < 4.78 is 5.14. The molecule has 0 heterocycles. The summed E-state index contributed by atoms with van der Waals surface area (Å²) in [4.78, 5) is 0. The Morgan fingerprint density at radius 2 is 1.18 bits per heavy atom. The Hall–Kier alpha value is 0.920. The molecule has 0 aliphatic rings. The number of hydrogen-bond acceptors (Lipinski definition) is 2. The summed E-state index contributed by atoms with van der Waals surface area (Å²) in [5.41, 5.74) is 0. The molecule has 0 N–H and O–H groups in total. The van der Waals surface area contributed by atoms with Gasteiger partial charge in [-0.2, -0.15) is 0 Å². The zero-order valence-corrected chi connectivity index (χ0v) is 14.0. The van der Waals surface area contributed by atoms with Crippen LogP contribution in [0, 0.1) is 0 Å². The fraction of sp³-hybridized carbons (Fsp3) is 1.00. The molecule has 0 atom stereocenters. The van der Waals surface area contributed by atoms with Gasteiger partial charge >= 0.3 is 29.6 Å². The average Bonchev–Trinajstić information content (AvgIpc) is 2.31. The van der Waals surface area contributed by atoms with Gasteiger partial charge in [0.25, 0.3) is 0 Å². The summed E-state index contributed by atoms with van der Waals surface area (Å²) in [5, 5.41) is 10.1. The minimum atomic E-state index is -0.0994. The van der Waals surface area contributed by atoms with Gasteiger partial charge in [0, 0.05) is 13.2 Å². The molecule has 0 amide bonds. The van der Waals surface area contributed by atoms with Crippen LogP contribution in [0.4, 0.5) is 0 Å². The van der Waals surface area contributed by atoms with E-state index >= 15 is 0 Å². The predicted octanol–water partition coefficient (Wildman–Crippen LogP) is 0.288. The van der Waals surface area contributed by atoms with E-state index in [-0.39, 0.29) is 36.2 Å². The zero-order valence-electron chi connectivity index (χ0n) is 12.0. The van der Waals surface area contributed by atoms with Gasteiger partial charge in [-0.15, -0.1) is 6.61 Å². The third-order valence-corrected chi connectivity index (χ3v) is 2.87. The molecule has 0 aliphatic heterocycles. The van der Waals surface area contributed by atoms with Gasteiger partial charge in [-0.25, -0.2) is 0 Å². The van der Waals surface area contributed by atoms with Crippen LogP contribution in [0.2, 0.25) is 0 Å². The van der Waals surface area contributed by atoms with Crippen molar-refractivity contribution in [2.75, 3.05) is 19.8 Å². The molecule has 2 nitrogen and oxygen atoms in total. The van der Waals surface area contributed by atoms with Crippen LogP contribution in [0.3, 0.4) is 0 Å². The first kappa shape index (κ1) is 20.2. The Morgan fingerprint density at radius 1 is 0.706 bits per heavy atom. The van der Waals surface area contributed by atoms with Crippen LogP contribution >= 0.6 is 0 Å². The molecule has 0 aromatic rings. The molecule has 0 radical (unpaired) electrons. The molecule has 3 heteroatoms. The third kappa shape index (κ3) is 19.4. The van der Waals surface area contributed by atoms with Crippen molar-refractivity contribution >= 4 is 0 Å². The topological polar surface area (TPSA) is 32.3 Å². The van der Waals surface area contributed by atoms with Gasteiger partial charge in [-0.1, -0.05) is 64.7 Å². The molecule has 0 aromatic carbocycles. The van der Waals surface area contributed by atoms with E-state index in [1.54, 1.807) is 0 Å². The van der Waals surface area contributed by atoms with Crippen molar-refractivity contribution in [3.8, 4) is 0 Å². The second-order valence-corrected chi connectivity index (χ2v) is 4.50. The van der Waals surface area contributed by atoms with Crippen LogP contribution in [0.25, 0.3) is 0 Å². The zero-order chi connectivity index (χ0) is 11.9. The maximum absolute atomic E-state index is 10.1. The van der Waals surface area contributed by atoms with E-state index in [1.165, 1.54) is 57.8 Å². The summed E-state index contributed by atoms with van der Waals surface area (Å²) in [6.45, 7) is 3.32. The second-order valence-electron chi connectivity index (χ2n) is 4.50. The number of rotatable bonds is 13. The summed E-state index contributed by atoms with van der Waals surface area (Å²) in [7, 11) is 0. The fourth-order valence-corrected chi connectivity index (χ4v) is 1.85. The van der Waals surface area contributed by atoms with E-state index in [2.05, 4.69) is 6.92 Å². The Bertz CT molecular complexity index is 107. The molecule has 17 heavy (non-hydrogen) atoms. The smallest absolute Gasteiger partial charge is 0.853 e. The standard InChI is InChI=1S/C14H29O2.Na/c1-2-3-4-5-6-7-8-9-10-11-13-16-14-12-15;/h2-14H2,1H3;/q-1;+1. The SMILES string of the molecule is CCCCCCCCCCCCOCC[O-].[Na+]. The van der Waals surface area contributed by atoms with Crippen LogP contribution in [-0.4, -0.2) is 19.8 Å². The fourth-order valence-electron chi connectivity index (χ4n) is 1.85. The van der Waals surface area contributed by atoms with Crippen LogP contribution in [-0.2, 0) is 4.74 Å². The molecule has 0 unspecified atom stereocenters. The van der Waals surface area contributed by atoms with Gasteiger partial charge in [0.2, 0.25) is 0 Å². The van der Waals surface area contributed by atoms with Crippen LogP contribution in [0.5, 0.6) is 0 Å². The maximum atomic E-state index is 10.1. The average molecular weight is 252 g/mol. The first-order valence-corrected chi connectivity index (χ1v) is 7.07. The molecule has 0 spiro atoms. The van der Waals surface area contributed by atoms with Crippen molar-refractivity contribution in [1.82, 2.24) is 0 Å². The maximum Gasteiger partial charge on any atom is 1.00 e. The minimum Gasteiger partial charge on any atom is -0.853 e. The largest absolute Gasteiger partial charge is 1.00 e. The summed E-state index contributed by atoms with van der Waals surface area (Å²) in [6.07, 6.45) is 13.4. The molecule has 0 rings (SSSR count). The molecule has 0 fully saturated rings. The molecule has 0 saturated carbocycles. The number of hydrogen-bond donors (Lipinski definition) is 0. The molecule has 0 aromatic heterocycles. The van der Waals surface area contributed by atoms with E-state index in [1.807, 2.05) is 0 Å². The Balaban J connectivity index is 0. The Kier molecular flexibility index (Phi) is 22.9. The third-order valence-electron chi connectivity index (χ3n) is 2.87. The molecule has 0 aliphatic carbocycles. The van der Waals surface area contributed by atoms with Crippen LogP contribution < -0.4 is 34.7 Å². The van der Waals surface area contributed by atoms with Gasteiger partial charge in [0.05, 0.1) is 0 Å². The molecular formula is C14H29NaO2. The second kappa shape index (κ2) is 19.3. The van der Waals surface area contributed by atoms with Gasteiger partial charge < -0.3 is 9.84 Å². The monoisotopic (exact) mass is 252 g/mol. The van der Waals surface area contributed by atoms with Crippen molar-refractivity contribution in [3.05, 3.63) is 0 Å². The first-order chi connectivity index (χ1) is 7.91. The van der Waals surface area contributed by atoms with Crippen molar-refractivity contribution in [1.29, 1.82) is 0 Å². The molecular weight excluding hydrogens is 223 g/mol. The normalized spacial score (nSPS) is 10.2. The predicted molar refractivity (Wildman–Crippen MR) is 67.5 cm³/mol. The molecule has 0 saturated heterocycles. The Morgan fingerprint density at radius 3 is 1.65 bits per heavy atom. The number of ether oxygens (including phenoxy) is 1. The van der Waals surface area contributed by atoms with E-state index in [0.717, 1.165) is 13.0 Å². The van der Waals surface area contributed by atoms with Crippen molar-refractivity contribution in [2.24, 2.45) is 0 Å². The Labute approximate surface area is 130 Å². The van der Waals surface area contributed by atoms with E-state index < -0.39 is 0 Å². The quantitative estimate of drug-likeness (QED) is 0.348. The van der Waals surface area contributed by atoms with Gasteiger partial charge in [-0.3, -0.25) is 0 Å². The van der Waals surface area contributed by atoms with Gasteiger partial charge in [0.15, 0.2) is 0 Å². The summed E-state index contributed by atoms with van der Waals surface area (Å²) in [5.74, 6) is 0. The van der Waals surface area contributed by atoms with Crippen molar-refractivity contribution in [3.63, 3.8) is 0 Å². The minimum absolute atomic E-state index is 0. The van der Waals surface area contributed by atoms with Crippen LogP contribution in [0.1, 0.15) is 71.1 Å². The van der Waals surface area contributed by atoms with Gasteiger partial charge in [0.1, 0.15) is 0 Å².